The number of rotatable bonds is 8. The van der Waals surface area contributed by atoms with Crippen molar-refractivity contribution >= 4 is 23.4 Å². The quantitative estimate of drug-likeness (QED) is 0.630. The first kappa shape index (κ1) is 21.7. The Kier molecular flexibility index (Phi) is 6.67. The van der Waals surface area contributed by atoms with Crippen molar-refractivity contribution in [2.24, 2.45) is 0 Å². The number of amides is 3. The predicted octanol–water partition coefficient (Wildman–Crippen LogP) is 3.27. The lowest BCUT2D eigenvalue weighted by Crippen LogP contribution is -2.45. The number of para-hydroxylation sites is 1. The molecule has 1 aliphatic rings. The van der Waals surface area contributed by atoms with Crippen molar-refractivity contribution in [2.75, 3.05) is 37.6 Å². The Hall–Kier alpha value is -2.99. The molecule has 0 N–H and O–H groups in total. The van der Waals surface area contributed by atoms with E-state index in [2.05, 4.69) is 4.90 Å². The molecule has 0 spiro atoms. The second-order valence-electron chi connectivity index (χ2n) is 7.55. The number of nitrogens with zero attached hydrogens (tertiary/aromatic N) is 3. The van der Waals surface area contributed by atoms with Gasteiger partial charge in [0.05, 0.1) is 17.7 Å². The Balaban J connectivity index is 1.86. The van der Waals surface area contributed by atoms with Crippen LogP contribution in [0.25, 0.3) is 0 Å². The smallest absolute Gasteiger partial charge is 0.261 e. The van der Waals surface area contributed by atoms with Crippen molar-refractivity contribution < 1.29 is 14.4 Å². The summed E-state index contributed by atoms with van der Waals surface area (Å²) in [6, 6.07) is 12.8. The Morgan fingerprint density at radius 1 is 0.867 bits per heavy atom. The molecule has 2 aromatic rings. The molecule has 1 aliphatic heterocycles. The van der Waals surface area contributed by atoms with Crippen LogP contribution in [0.3, 0.4) is 0 Å². The maximum atomic E-state index is 13.3. The molecule has 158 valence electrons. The third-order valence-electron chi connectivity index (χ3n) is 5.69. The lowest BCUT2D eigenvalue weighted by molar-refractivity contribution is -0.119. The number of hydrogen-bond donors (Lipinski definition) is 0. The highest BCUT2D eigenvalue weighted by Gasteiger charge is 2.35. The SMILES string of the molecule is CCN(CC)CC(=O)N(CCN1C(=O)c2ccccc2C1=O)c1c(C)cccc1C. The van der Waals surface area contributed by atoms with Gasteiger partial charge in [0, 0.05) is 18.8 Å². The molecule has 0 bridgehead atoms. The molecule has 0 radical (unpaired) electrons. The van der Waals surface area contributed by atoms with Crippen LogP contribution in [0.5, 0.6) is 0 Å². The summed E-state index contributed by atoms with van der Waals surface area (Å²) in [5, 5.41) is 0. The standard InChI is InChI=1S/C24H29N3O3/c1-5-25(6-2)16-21(28)26(22-17(3)10-9-11-18(22)4)14-15-27-23(29)19-12-7-8-13-20(19)24(27)30/h7-13H,5-6,14-16H2,1-4H3. The van der Waals surface area contributed by atoms with Crippen LogP contribution >= 0.6 is 0 Å². The van der Waals surface area contributed by atoms with Gasteiger partial charge in [0.2, 0.25) is 5.91 Å². The predicted molar refractivity (Wildman–Crippen MR) is 118 cm³/mol. The molecule has 0 aliphatic carbocycles. The third kappa shape index (κ3) is 4.14. The molecule has 3 amide bonds. The Bertz CT molecular complexity index is 911. The van der Waals surface area contributed by atoms with Crippen LogP contribution in [0.2, 0.25) is 0 Å². The lowest BCUT2D eigenvalue weighted by Gasteiger charge is -2.30. The summed E-state index contributed by atoms with van der Waals surface area (Å²) in [6.45, 7) is 10.3. The number of anilines is 1. The van der Waals surface area contributed by atoms with E-state index in [4.69, 9.17) is 0 Å². The summed E-state index contributed by atoms with van der Waals surface area (Å²) in [4.78, 5) is 43.7. The van der Waals surface area contributed by atoms with E-state index >= 15 is 0 Å². The second kappa shape index (κ2) is 9.22. The number of carbonyl (C=O) groups excluding carboxylic acids is 3. The van der Waals surface area contributed by atoms with Crippen molar-refractivity contribution in [3.63, 3.8) is 0 Å². The summed E-state index contributed by atoms with van der Waals surface area (Å²) in [6.07, 6.45) is 0. The van der Waals surface area contributed by atoms with E-state index in [0.29, 0.717) is 17.7 Å². The van der Waals surface area contributed by atoms with Gasteiger partial charge in [-0.05, 0) is 50.2 Å². The maximum Gasteiger partial charge on any atom is 0.261 e. The fourth-order valence-electron chi connectivity index (χ4n) is 3.96. The topological polar surface area (TPSA) is 60.9 Å². The molecule has 0 fully saturated rings. The van der Waals surface area contributed by atoms with Gasteiger partial charge in [-0.25, -0.2) is 0 Å². The van der Waals surface area contributed by atoms with E-state index in [1.54, 1.807) is 29.2 Å². The van der Waals surface area contributed by atoms with Gasteiger partial charge in [0.1, 0.15) is 0 Å². The number of aryl methyl sites for hydroxylation is 2. The van der Waals surface area contributed by atoms with Crippen molar-refractivity contribution in [1.29, 1.82) is 0 Å². The van der Waals surface area contributed by atoms with Crippen LogP contribution in [0.4, 0.5) is 5.69 Å². The van der Waals surface area contributed by atoms with Crippen LogP contribution in [0.1, 0.15) is 45.7 Å². The summed E-state index contributed by atoms with van der Waals surface area (Å²) in [7, 11) is 0. The number of imide groups is 1. The van der Waals surface area contributed by atoms with Crippen LogP contribution < -0.4 is 4.90 Å². The number of hydrogen-bond acceptors (Lipinski definition) is 4. The average molecular weight is 408 g/mol. The molecule has 0 saturated heterocycles. The minimum atomic E-state index is -0.298. The highest BCUT2D eigenvalue weighted by Crippen LogP contribution is 2.26. The van der Waals surface area contributed by atoms with E-state index in [-0.39, 0.29) is 30.8 Å². The van der Waals surface area contributed by atoms with E-state index in [1.165, 1.54) is 4.90 Å². The van der Waals surface area contributed by atoms with E-state index in [1.807, 2.05) is 45.9 Å². The Labute approximate surface area is 178 Å². The van der Waals surface area contributed by atoms with Crippen molar-refractivity contribution in [1.82, 2.24) is 9.80 Å². The molecule has 1 heterocycles. The molecule has 30 heavy (non-hydrogen) atoms. The number of benzene rings is 2. The van der Waals surface area contributed by atoms with Crippen LogP contribution in [-0.4, -0.2) is 60.2 Å². The molecule has 6 heteroatoms. The minimum Gasteiger partial charge on any atom is -0.309 e. The highest BCUT2D eigenvalue weighted by molar-refractivity contribution is 6.21. The second-order valence-corrected chi connectivity index (χ2v) is 7.55. The van der Waals surface area contributed by atoms with Crippen LogP contribution in [0.15, 0.2) is 42.5 Å². The molecule has 0 atom stereocenters. The van der Waals surface area contributed by atoms with Crippen LogP contribution in [0, 0.1) is 13.8 Å². The van der Waals surface area contributed by atoms with Gasteiger partial charge in [-0.15, -0.1) is 0 Å². The first-order valence-electron chi connectivity index (χ1n) is 10.4. The summed E-state index contributed by atoms with van der Waals surface area (Å²) >= 11 is 0. The molecule has 6 nitrogen and oxygen atoms in total. The first-order chi connectivity index (χ1) is 14.4. The number of fused-ring (bicyclic) bond motifs is 1. The van der Waals surface area contributed by atoms with Crippen molar-refractivity contribution in [3.05, 3.63) is 64.7 Å². The fraction of sp³-hybridized carbons (Fsp3) is 0.375. The average Bonchev–Trinajstić information content (AvgIpc) is 2.98. The zero-order valence-corrected chi connectivity index (χ0v) is 18.1. The zero-order chi connectivity index (χ0) is 21.8. The van der Waals surface area contributed by atoms with Gasteiger partial charge in [-0.2, -0.15) is 0 Å². The van der Waals surface area contributed by atoms with Gasteiger partial charge in [-0.3, -0.25) is 24.2 Å². The van der Waals surface area contributed by atoms with E-state index in [0.717, 1.165) is 29.9 Å². The maximum absolute atomic E-state index is 13.3. The molecule has 2 aromatic carbocycles. The summed E-state index contributed by atoms with van der Waals surface area (Å²) in [5.41, 5.74) is 3.69. The van der Waals surface area contributed by atoms with Crippen LogP contribution in [-0.2, 0) is 4.79 Å². The van der Waals surface area contributed by atoms with Crippen molar-refractivity contribution in [3.8, 4) is 0 Å². The summed E-state index contributed by atoms with van der Waals surface area (Å²) < 4.78 is 0. The van der Waals surface area contributed by atoms with Gasteiger partial charge in [0.25, 0.3) is 11.8 Å². The molecule has 0 saturated carbocycles. The Morgan fingerprint density at radius 3 is 1.90 bits per heavy atom. The molecule has 0 aromatic heterocycles. The van der Waals surface area contributed by atoms with Gasteiger partial charge < -0.3 is 4.90 Å². The lowest BCUT2D eigenvalue weighted by atomic mass is 10.1. The van der Waals surface area contributed by atoms with E-state index in [9.17, 15) is 14.4 Å². The minimum absolute atomic E-state index is 0.0345. The zero-order valence-electron chi connectivity index (χ0n) is 18.1. The van der Waals surface area contributed by atoms with Crippen molar-refractivity contribution in [2.45, 2.75) is 27.7 Å². The normalized spacial score (nSPS) is 13.2. The summed E-state index contributed by atoms with van der Waals surface area (Å²) in [5.74, 6) is -0.630. The fourth-order valence-corrected chi connectivity index (χ4v) is 3.96. The molecule has 3 rings (SSSR count). The number of likely N-dealkylation sites (N-methyl/N-ethyl adjacent to an activating group) is 1. The van der Waals surface area contributed by atoms with Gasteiger partial charge >= 0.3 is 0 Å². The number of carbonyl (C=O) groups is 3. The van der Waals surface area contributed by atoms with Gasteiger partial charge in [-0.1, -0.05) is 44.2 Å². The highest BCUT2D eigenvalue weighted by atomic mass is 16.2. The third-order valence-corrected chi connectivity index (χ3v) is 5.69. The van der Waals surface area contributed by atoms with E-state index < -0.39 is 0 Å². The molecular formula is C24H29N3O3. The monoisotopic (exact) mass is 407 g/mol. The first-order valence-corrected chi connectivity index (χ1v) is 10.4. The molecular weight excluding hydrogens is 378 g/mol. The van der Waals surface area contributed by atoms with Gasteiger partial charge in [0.15, 0.2) is 0 Å². The Morgan fingerprint density at radius 2 is 1.40 bits per heavy atom. The molecule has 0 unspecified atom stereocenters. The largest absolute Gasteiger partial charge is 0.309 e.